The number of aromatic nitrogens is 5. The molecule has 0 aliphatic carbocycles. The Bertz CT molecular complexity index is 659. The third-order valence-electron chi connectivity index (χ3n) is 3.85. The molecular formula is C13H16F2N6O2. The number of nitrogens with zero attached hydrogens (tertiary/aromatic N) is 5. The SMILES string of the molecule is CO[C@@H]1C[C@@H](c2ncn[nH]2)N(C(=O)c2ccnn2CC(F)F)C1. The number of aromatic amines is 1. The van der Waals surface area contributed by atoms with E-state index < -0.39 is 13.0 Å². The Morgan fingerprint density at radius 1 is 1.57 bits per heavy atom. The number of methoxy groups -OCH3 is 1. The predicted octanol–water partition coefficient (Wildman–Crippen LogP) is 0.868. The van der Waals surface area contributed by atoms with Crippen molar-refractivity contribution < 1.29 is 18.3 Å². The van der Waals surface area contributed by atoms with Crippen molar-refractivity contribution >= 4 is 5.91 Å². The van der Waals surface area contributed by atoms with E-state index in [0.717, 1.165) is 4.68 Å². The fourth-order valence-corrected chi connectivity index (χ4v) is 2.77. The van der Waals surface area contributed by atoms with Crippen LogP contribution in [0.5, 0.6) is 0 Å². The Morgan fingerprint density at radius 2 is 2.39 bits per heavy atom. The predicted molar refractivity (Wildman–Crippen MR) is 73.8 cm³/mol. The molecule has 2 aromatic heterocycles. The number of carbonyl (C=O) groups excluding carboxylic acids is 1. The molecule has 124 valence electrons. The minimum absolute atomic E-state index is 0.117. The van der Waals surface area contributed by atoms with Gasteiger partial charge in [0.1, 0.15) is 24.4 Å². The highest BCUT2D eigenvalue weighted by Crippen LogP contribution is 2.32. The molecule has 1 saturated heterocycles. The Kier molecular flexibility index (Phi) is 4.33. The quantitative estimate of drug-likeness (QED) is 0.880. The lowest BCUT2D eigenvalue weighted by molar-refractivity contribution is 0.0661. The highest BCUT2D eigenvalue weighted by atomic mass is 19.3. The standard InChI is InChI=1S/C13H16F2N6O2/c1-23-8-4-10(12-16-7-17-19-12)20(5-8)13(22)9-2-3-18-21(9)6-11(14)15/h2-3,7-8,10-11H,4-6H2,1H3,(H,16,17,19)/t8-,10+/m1/s1. The first-order valence-corrected chi connectivity index (χ1v) is 7.09. The maximum absolute atomic E-state index is 12.8. The molecular weight excluding hydrogens is 310 g/mol. The van der Waals surface area contributed by atoms with E-state index in [-0.39, 0.29) is 23.7 Å². The second-order valence-electron chi connectivity index (χ2n) is 5.23. The molecule has 0 radical (unpaired) electrons. The fraction of sp³-hybridized carbons (Fsp3) is 0.538. The average molecular weight is 326 g/mol. The van der Waals surface area contributed by atoms with Crippen LogP contribution in [0.25, 0.3) is 0 Å². The summed E-state index contributed by atoms with van der Waals surface area (Å²) in [7, 11) is 1.57. The highest BCUT2D eigenvalue weighted by molar-refractivity contribution is 5.93. The topological polar surface area (TPSA) is 88.9 Å². The number of hydrogen-bond donors (Lipinski definition) is 1. The summed E-state index contributed by atoms with van der Waals surface area (Å²) in [6.45, 7) is -0.275. The van der Waals surface area contributed by atoms with Crippen LogP contribution in [-0.4, -0.2) is 62.0 Å². The van der Waals surface area contributed by atoms with Crippen molar-refractivity contribution in [2.24, 2.45) is 0 Å². The van der Waals surface area contributed by atoms with Crippen molar-refractivity contribution in [3.63, 3.8) is 0 Å². The second-order valence-corrected chi connectivity index (χ2v) is 5.23. The van der Waals surface area contributed by atoms with Crippen LogP contribution in [0, 0.1) is 0 Å². The number of carbonyl (C=O) groups is 1. The molecule has 2 atom stereocenters. The van der Waals surface area contributed by atoms with E-state index in [1.54, 1.807) is 12.0 Å². The van der Waals surface area contributed by atoms with Crippen LogP contribution in [0.2, 0.25) is 0 Å². The van der Waals surface area contributed by atoms with Crippen LogP contribution in [0.15, 0.2) is 18.6 Å². The molecule has 0 spiro atoms. The van der Waals surface area contributed by atoms with Gasteiger partial charge in [-0.1, -0.05) is 0 Å². The zero-order valence-electron chi connectivity index (χ0n) is 12.4. The van der Waals surface area contributed by atoms with Crippen LogP contribution < -0.4 is 0 Å². The first-order chi connectivity index (χ1) is 11.1. The zero-order chi connectivity index (χ0) is 16.4. The summed E-state index contributed by atoms with van der Waals surface area (Å²) in [6, 6.07) is 1.09. The molecule has 2 aromatic rings. The van der Waals surface area contributed by atoms with Gasteiger partial charge in [0.25, 0.3) is 12.3 Å². The number of alkyl halides is 2. The third-order valence-corrected chi connectivity index (χ3v) is 3.85. The van der Waals surface area contributed by atoms with E-state index in [1.807, 2.05) is 0 Å². The van der Waals surface area contributed by atoms with Crippen LogP contribution in [-0.2, 0) is 11.3 Å². The fourth-order valence-electron chi connectivity index (χ4n) is 2.77. The molecule has 0 aromatic carbocycles. The maximum atomic E-state index is 12.8. The lowest BCUT2D eigenvalue weighted by Crippen LogP contribution is -2.34. The average Bonchev–Trinajstić information content (AvgIpc) is 3.25. The van der Waals surface area contributed by atoms with Gasteiger partial charge < -0.3 is 9.64 Å². The Hall–Kier alpha value is -2.36. The van der Waals surface area contributed by atoms with E-state index in [9.17, 15) is 13.6 Å². The Labute approximate surface area is 130 Å². The van der Waals surface area contributed by atoms with Crippen LogP contribution in [0.3, 0.4) is 0 Å². The minimum Gasteiger partial charge on any atom is -0.380 e. The lowest BCUT2D eigenvalue weighted by atomic mass is 10.2. The molecule has 1 aliphatic rings. The summed E-state index contributed by atoms with van der Waals surface area (Å²) >= 11 is 0. The number of rotatable bonds is 5. The number of hydrogen-bond acceptors (Lipinski definition) is 5. The molecule has 1 fully saturated rings. The summed E-state index contributed by atoms with van der Waals surface area (Å²) in [5.41, 5.74) is 0.117. The summed E-state index contributed by atoms with van der Waals surface area (Å²) in [5.74, 6) is 0.155. The first-order valence-electron chi connectivity index (χ1n) is 7.09. The minimum atomic E-state index is -2.59. The number of ether oxygens (including phenoxy) is 1. The van der Waals surface area contributed by atoms with Gasteiger partial charge in [0.2, 0.25) is 0 Å². The molecule has 0 saturated carbocycles. The molecule has 1 aliphatic heterocycles. The molecule has 3 rings (SSSR count). The number of likely N-dealkylation sites (tertiary alicyclic amines) is 1. The second kappa shape index (κ2) is 6.41. The smallest absolute Gasteiger partial charge is 0.272 e. The van der Waals surface area contributed by atoms with E-state index in [4.69, 9.17) is 4.74 Å². The number of halogens is 2. The van der Waals surface area contributed by atoms with Gasteiger partial charge >= 0.3 is 0 Å². The van der Waals surface area contributed by atoms with Crippen LogP contribution in [0.1, 0.15) is 28.8 Å². The summed E-state index contributed by atoms with van der Waals surface area (Å²) in [5, 5.41) is 10.3. The molecule has 0 bridgehead atoms. The number of nitrogens with one attached hydrogen (secondary N) is 1. The van der Waals surface area contributed by atoms with Crippen molar-refractivity contribution in [3.8, 4) is 0 Å². The third kappa shape index (κ3) is 3.07. The number of H-pyrrole nitrogens is 1. The van der Waals surface area contributed by atoms with Gasteiger partial charge in [-0.05, 0) is 6.07 Å². The van der Waals surface area contributed by atoms with Gasteiger partial charge in [-0.25, -0.2) is 13.8 Å². The number of amides is 1. The molecule has 1 amide bonds. The van der Waals surface area contributed by atoms with E-state index in [0.29, 0.717) is 18.8 Å². The summed E-state index contributed by atoms with van der Waals surface area (Å²) in [6.07, 6.45) is 0.514. The molecule has 23 heavy (non-hydrogen) atoms. The Morgan fingerprint density at radius 3 is 3.04 bits per heavy atom. The van der Waals surface area contributed by atoms with Crippen LogP contribution in [0.4, 0.5) is 8.78 Å². The van der Waals surface area contributed by atoms with E-state index in [1.165, 1.54) is 18.6 Å². The van der Waals surface area contributed by atoms with Crippen molar-refractivity contribution in [1.29, 1.82) is 0 Å². The van der Waals surface area contributed by atoms with E-state index in [2.05, 4.69) is 20.3 Å². The van der Waals surface area contributed by atoms with Crippen molar-refractivity contribution in [3.05, 3.63) is 30.1 Å². The van der Waals surface area contributed by atoms with Gasteiger partial charge in [-0.15, -0.1) is 0 Å². The lowest BCUT2D eigenvalue weighted by Gasteiger charge is -2.22. The van der Waals surface area contributed by atoms with Crippen LogP contribution >= 0.6 is 0 Å². The van der Waals surface area contributed by atoms with Crippen molar-refractivity contribution in [2.75, 3.05) is 13.7 Å². The van der Waals surface area contributed by atoms with Gasteiger partial charge in [-0.3, -0.25) is 14.6 Å². The van der Waals surface area contributed by atoms with Gasteiger partial charge in [0, 0.05) is 26.3 Å². The first kappa shape index (κ1) is 15.5. The monoisotopic (exact) mass is 326 g/mol. The molecule has 10 heteroatoms. The maximum Gasteiger partial charge on any atom is 0.272 e. The highest BCUT2D eigenvalue weighted by Gasteiger charge is 2.39. The van der Waals surface area contributed by atoms with Gasteiger partial charge in [0.05, 0.1) is 12.1 Å². The largest absolute Gasteiger partial charge is 0.380 e. The summed E-state index contributed by atoms with van der Waals surface area (Å²) in [4.78, 5) is 18.4. The van der Waals surface area contributed by atoms with Gasteiger partial charge in [-0.2, -0.15) is 10.2 Å². The molecule has 8 nitrogen and oxygen atoms in total. The van der Waals surface area contributed by atoms with Crippen molar-refractivity contribution in [1.82, 2.24) is 29.9 Å². The molecule has 1 N–H and O–H groups in total. The van der Waals surface area contributed by atoms with E-state index >= 15 is 0 Å². The molecule has 0 unspecified atom stereocenters. The normalized spacial score (nSPS) is 21.3. The molecule has 3 heterocycles. The Balaban J connectivity index is 1.86. The van der Waals surface area contributed by atoms with Crippen molar-refractivity contribution in [2.45, 2.75) is 31.5 Å². The van der Waals surface area contributed by atoms with Gasteiger partial charge in [0.15, 0.2) is 0 Å². The zero-order valence-corrected chi connectivity index (χ0v) is 12.4. The summed E-state index contributed by atoms with van der Waals surface area (Å²) < 4.78 is 31.6.